The molecule has 0 radical (unpaired) electrons. The first kappa shape index (κ1) is 16.1. The lowest BCUT2D eigenvalue weighted by molar-refractivity contribution is -0.145. The van der Waals surface area contributed by atoms with Gasteiger partial charge in [0.1, 0.15) is 6.54 Å². The molecule has 1 aliphatic heterocycles. The number of fused-ring (bicyclic) bond motifs is 1. The van der Waals surface area contributed by atoms with Crippen molar-refractivity contribution >= 4 is 11.9 Å². The van der Waals surface area contributed by atoms with Crippen LogP contribution in [-0.2, 0) is 9.59 Å². The topological polar surface area (TPSA) is 69.6 Å². The molecule has 0 aromatic carbocycles. The molecule has 0 aromatic heterocycles. The number of halogens is 3. The molecule has 1 amide bonds. The lowest BCUT2D eigenvalue weighted by atomic mass is 9.86. The summed E-state index contributed by atoms with van der Waals surface area (Å²) in [7, 11) is 0. The minimum atomic E-state index is -4.19. The summed E-state index contributed by atoms with van der Waals surface area (Å²) < 4.78 is 37.1. The number of aliphatic carboxylic acids is 1. The van der Waals surface area contributed by atoms with Crippen molar-refractivity contribution in [1.29, 1.82) is 0 Å². The van der Waals surface area contributed by atoms with E-state index in [2.05, 4.69) is 5.32 Å². The van der Waals surface area contributed by atoms with Gasteiger partial charge in [-0.1, -0.05) is 6.92 Å². The molecule has 0 spiro atoms. The fraction of sp³-hybridized carbons (Fsp3) is 0.846. The summed E-state index contributed by atoms with van der Waals surface area (Å²) in [5.74, 6) is -1.27. The summed E-state index contributed by atoms with van der Waals surface area (Å²) in [6.07, 6.45) is -3.17. The van der Waals surface area contributed by atoms with Gasteiger partial charge in [0.2, 0.25) is 5.91 Å². The molecule has 1 saturated heterocycles. The molecule has 8 heteroatoms. The van der Waals surface area contributed by atoms with E-state index >= 15 is 0 Å². The fourth-order valence-electron chi connectivity index (χ4n) is 3.68. The van der Waals surface area contributed by atoms with Crippen molar-refractivity contribution in [3.63, 3.8) is 0 Å². The number of rotatable bonds is 4. The van der Waals surface area contributed by atoms with Crippen molar-refractivity contribution < 1.29 is 27.9 Å². The van der Waals surface area contributed by atoms with Crippen LogP contribution in [0, 0.1) is 17.3 Å². The summed E-state index contributed by atoms with van der Waals surface area (Å²) >= 11 is 0. The predicted octanol–water partition coefficient (Wildman–Crippen LogP) is 1.10. The highest BCUT2D eigenvalue weighted by atomic mass is 19.4. The van der Waals surface area contributed by atoms with E-state index in [1.165, 1.54) is 4.90 Å². The molecule has 2 atom stereocenters. The van der Waals surface area contributed by atoms with E-state index in [0.29, 0.717) is 25.9 Å². The van der Waals surface area contributed by atoms with Gasteiger partial charge in [-0.25, -0.2) is 0 Å². The van der Waals surface area contributed by atoms with Crippen molar-refractivity contribution in [2.24, 2.45) is 17.3 Å². The van der Waals surface area contributed by atoms with E-state index in [0.717, 1.165) is 0 Å². The van der Waals surface area contributed by atoms with Crippen LogP contribution in [0.25, 0.3) is 0 Å². The Hall–Kier alpha value is -1.31. The van der Waals surface area contributed by atoms with Crippen LogP contribution >= 0.6 is 0 Å². The van der Waals surface area contributed by atoms with Gasteiger partial charge in [-0.05, 0) is 24.7 Å². The zero-order chi connectivity index (χ0) is 15.8. The molecule has 1 saturated carbocycles. The van der Waals surface area contributed by atoms with Gasteiger partial charge >= 0.3 is 12.1 Å². The fourth-order valence-corrected chi connectivity index (χ4v) is 3.68. The van der Waals surface area contributed by atoms with Crippen molar-refractivity contribution in [2.75, 3.05) is 26.2 Å². The van der Waals surface area contributed by atoms with Crippen LogP contribution in [0.15, 0.2) is 0 Å². The number of hydrogen-bond donors (Lipinski definition) is 2. The Morgan fingerprint density at radius 2 is 1.81 bits per heavy atom. The minimum absolute atomic E-state index is 0.0768. The van der Waals surface area contributed by atoms with Gasteiger partial charge in [0, 0.05) is 18.5 Å². The highest BCUT2D eigenvalue weighted by Gasteiger charge is 2.51. The second-order valence-corrected chi connectivity index (χ2v) is 6.37. The number of hydrogen-bond acceptors (Lipinski definition) is 3. The number of amides is 1. The monoisotopic (exact) mass is 308 g/mol. The van der Waals surface area contributed by atoms with Crippen molar-refractivity contribution in [3.8, 4) is 0 Å². The Kier molecular flexibility index (Phi) is 4.19. The van der Waals surface area contributed by atoms with Gasteiger partial charge in [0.05, 0.1) is 6.54 Å². The summed E-state index contributed by atoms with van der Waals surface area (Å²) in [5.41, 5.74) is -0.672. The highest BCUT2D eigenvalue weighted by molar-refractivity contribution is 5.85. The van der Waals surface area contributed by atoms with Gasteiger partial charge < -0.3 is 10.4 Å². The van der Waals surface area contributed by atoms with Gasteiger partial charge in [-0.3, -0.25) is 14.5 Å². The molecule has 2 unspecified atom stereocenters. The smallest absolute Gasteiger partial charge is 0.401 e. The maximum atomic E-state index is 12.4. The quantitative estimate of drug-likeness (QED) is 0.816. The van der Waals surface area contributed by atoms with E-state index in [4.69, 9.17) is 5.11 Å². The van der Waals surface area contributed by atoms with E-state index in [1.54, 1.807) is 6.92 Å². The lowest BCUT2D eigenvalue weighted by Crippen LogP contribution is -2.41. The first-order valence-electron chi connectivity index (χ1n) is 6.88. The van der Waals surface area contributed by atoms with Crippen LogP contribution in [0.5, 0.6) is 0 Å². The summed E-state index contributed by atoms with van der Waals surface area (Å²) in [4.78, 5) is 23.9. The van der Waals surface area contributed by atoms with E-state index in [-0.39, 0.29) is 17.7 Å². The zero-order valence-corrected chi connectivity index (χ0v) is 11.7. The van der Waals surface area contributed by atoms with E-state index in [1.807, 2.05) is 0 Å². The number of nitrogens with zero attached hydrogens (tertiary/aromatic N) is 1. The number of carbonyl (C=O) groups excluding carboxylic acids is 1. The number of carboxylic acid groups (broad SMARTS) is 1. The molecule has 0 bridgehead atoms. The van der Waals surface area contributed by atoms with Crippen LogP contribution in [0.1, 0.15) is 19.8 Å². The second kappa shape index (κ2) is 5.47. The maximum absolute atomic E-state index is 12.4. The molecular formula is C13H19F3N2O3. The van der Waals surface area contributed by atoms with Crippen molar-refractivity contribution in [2.45, 2.75) is 25.9 Å². The third kappa shape index (κ3) is 3.87. The maximum Gasteiger partial charge on any atom is 0.401 e. The molecular weight excluding hydrogens is 289 g/mol. The number of alkyl halides is 3. The average Bonchev–Trinajstić information content (AvgIpc) is 2.78. The van der Waals surface area contributed by atoms with E-state index < -0.39 is 30.7 Å². The van der Waals surface area contributed by atoms with Gasteiger partial charge in [0.15, 0.2) is 0 Å². The SMILES string of the molecule is CC1(C(=O)NCC(=O)O)CC2CN(CC(F)(F)F)CC2C1. The van der Waals surface area contributed by atoms with Gasteiger partial charge in [0.25, 0.3) is 0 Å². The molecule has 2 aliphatic rings. The normalized spacial score (nSPS) is 33.0. The largest absolute Gasteiger partial charge is 0.480 e. The second-order valence-electron chi connectivity index (χ2n) is 6.37. The van der Waals surface area contributed by atoms with Crippen molar-refractivity contribution in [3.05, 3.63) is 0 Å². The van der Waals surface area contributed by atoms with Crippen LogP contribution in [0.4, 0.5) is 13.2 Å². The number of nitrogens with one attached hydrogen (secondary N) is 1. The third-order valence-electron chi connectivity index (χ3n) is 4.43. The zero-order valence-electron chi connectivity index (χ0n) is 11.7. The van der Waals surface area contributed by atoms with Crippen LogP contribution in [0.2, 0.25) is 0 Å². The Morgan fingerprint density at radius 1 is 1.29 bits per heavy atom. The summed E-state index contributed by atoms with van der Waals surface area (Å²) in [5, 5.41) is 10.9. The standard InChI is InChI=1S/C13H19F3N2O3/c1-12(11(21)17-4-10(19)20)2-8-5-18(6-9(8)3-12)7-13(14,15)16/h8-9H,2-7H2,1H3,(H,17,21)(H,19,20). The molecule has 2 rings (SSSR count). The number of carboxylic acids is 1. The first-order chi connectivity index (χ1) is 9.59. The molecule has 5 nitrogen and oxygen atoms in total. The minimum Gasteiger partial charge on any atom is -0.480 e. The van der Waals surface area contributed by atoms with Crippen LogP contribution < -0.4 is 5.32 Å². The third-order valence-corrected chi connectivity index (χ3v) is 4.43. The molecule has 2 N–H and O–H groups in total. The number of likely N-dealkylation sites (tertiary alicyclic amines) is 1. The summed E-state index contributed by atoms with van der Waals surface area (Å²) in [6, 6.07) is 0. The van der Waals surface area contributed by atoms with Gasteiger partial charge in [-0.15, -0.1) is 0 Å². The number of carbonyl (C=O) groups is 2. The van der Waals surface area contributed by atoms with Crippen molar-refractivity contribution in [1.82, 2.24) is 10.2 Å². The molecule has 21 heavy (non-hydrogen) atoms. The molecule has 1 aliphatic carbocycles. The first-order valence-corrected chi connectivity index (χ1v) is 6.88. The lowest BCUT2D eigenvalue weighted by Gasteiger charge is -2.26. The van der Waals surface area contributed by atoms with Crippen LogP contribution in [-0.4, -0.2) is 54.2 Å². The predicted molar refractivity (Wildman–Crippen MR) is 67.5 cm³/mol. The van der Waals surface area contributed by atoms with Crippen LogP contribution in [0.3, 0.4) is 0 Å². The Labute approximate surface area is 120 Å². The van der Waals surface area contributed by atoms with Gasteiger partial charge in [-0.2, -0.15) is 13.2 Å². The molecule has 0 aromatic rings. The molecule has 1 heterocycles. The van der Waals surface area contributed by atoms with E-state index in [9.17, 15) is 22.8 Å². The Balaban J connectivity index is 1.89. The Bertz CT molecular complexity index is 425. The Morgan fingerprint density at radius 3 is 2.24 bits per heavy atom. The molecule has 2 fully saturated rings. The molecule has 120 valence electrons. The highest BCUT2D eigenvalue weighted by Crippen LogP contribution is 2.49. The summed E-state index contributed by atoms with van der Waals surface area (Å²) in [6.45, 7) is 1.14. The average molecular weight is 308 g/mol.